The summed E-state index contributed by atoms with van der Waals surface area (Å²) in [7, 11) is 1.42. The van der Waals surface area contributed by atoms with E-state index < -0.39 is 20.0 Å². The van der Waals surface area contributed by atoms with Gasteiger partial charge in [0.2, 0.25) is 5.91 Å². The molecule has 0 fully saturated rings. The van der Waals surface area contributed by atoms with Crippen molar-refractivity contribution in [2.75, 3.05) is 40.9 Å². The number of hydrogen-bond donors (Lipinski definition) is 2. The zero-order chi connectivity index (χ0) is 55.0. The van der Waals surface area contributed by atoms with Crippen molar-refractivity contribution in [3.63, 3.8) is 0 Å². The van der Waals surface area contributed by atoms with Gasteiger partial charge in [-0.05, 0) is 115 Å². The Labute approximate surface area is 461 Å². The highest BCUT2D eigenvalue weighted by atomic mass is 31.2. The minimum absolute atomic E-state index is 0.0180. The van der Waals surface area contributed by atoms with Crippen LogP contribution in [0.4, 0.5) is 0 Å². The van der Waals surface area contributed by atoms with E-state index in [1.807, 2.05) is 33.3 Å². The van der Waals surface area contributed by atoms with Gasteiger partial charge in [0.1, 0.15) is 19.3 Å². The van der Waals surface area contributed by atoms with Gasteiger partial charge in [0.25, 0.3) is 0 Å². The second-order valence-corrected chi connectivity index (χ2v) is 22.2. The van der Waals surface area contributed by atoms with Gasteiger partial charge in [-0.15, -0.1) is 0 Å². The summed E-state index contributed by atoms with van der Waals surface area (Å²) < 4.78 is 30.6. The Kier molecular flexibility index (Phi) is 51.2. The third-order valence-electron chi connectivity index (χ3n) is 12.4. The third kappa shape index (κ3) is 55.0. The number of amides is 1. The van der Waals surface area contributed by atoms with Gasteiger partial charge >= 0.3 is 13.8 Å². The van der Waals surface area contributed by atoms with E-state index in [0.29, 0.717) is 23.9 Å². The van der Waals surface area contributed by atoms with Crippen LogP contribution in [-0.2, 0) is 27.9 Å². The molecule has 0 aliphatic rings. The van der Waals surface area contributed by atoms with Crippen molar-refractivity contribution in [2.45, 2.75) is 238 Å². The minimum atomic E-state index is -4.48. The third-order valence-corrected chi connectivity index (χ3v) is 13.4. The number of ether oxygens (including phenoxy) is 1. The molecule has 0 aromatic carbocycles. The number of allylic oxidation sites excluding steroid dienone is 19. The maximum atomic E-state index is 13.5. The van der Waals surface area contributed by atoms with Crippen LogP contribution in [-0.4, -0.2) is 74.3 Å². The molecule has 0 rings (SSSR count). The van der Waals surface area contributed by atoms with E-state index >= 15 is 0 Å². The standard InChI is InChI=1S/C65H111N2O7P/c1-7-10-13-16-19-22-25-28-30-32-33-35-37-40-43-46-49-52-55-58-65(69)74-63(56-53-50-47-44-41-38-27-24-21-18-15-12-9-3)62(61-73-75(70,71)72-60-59-67(4,5)6)66-64(68)57-54-51-48-45-42-39-36-34-31-29-26-23-20-17-14-11-8-2/h10,13,19-20,22-23,28-31,33,35-36,39-40,43,45,48,53,56,62-63H,7-9,11-12,14-18,21,24-27,32,34,37-38,41-42,44,46-47,49-52,54-55,57-61H2,1-6H3,(H-,66,68,70,71)/p+1/b13-10-,22-19-,23-20-,30-28-,31-29-,35-33-,39-36-,43-40-,48-45-,56-53+. The number of carbonyl (C=O) groups excluding carboxylic acids is 2. The number of nitrogens with one attached hydrogen (secondary N) is 1. The fourth-order valence-corrected chi connectivity index (χ4v) is 8.52. The molecule has 0 aromatic heterocycles. The van der Waals surface area contributed by atoms with Gasteiger partial charge in [0.15, 0.2) is 0 Å². The van der Waals surface area contributed by atoms with Crippen molar-refractivity contribution in [3.8, 4) is 0 Å². The van der Waals surface area contributed by atoms with Crippen molar-refractivity contribution in [1.29, 1.82) is 0 Å². The molecule has 0 aliphatic heterocycles. The molecule has 0 aromatic rings. The summed E-state index contributed by atoms with van der Waals surface area (Å²) in [4.78, 5) is 37.6. The van der Waals surface area contributed by atoms with Crippen LogP contribution < -0.4 is 5.32 Å². The second-order valence-electron chi connectivity index (χ2n) is 20.8. The molecule has 0 saturated heterocycles. The lowest BCUT2D eigenvalue weighted by Crippen LogP contribution is -2.47. The van der Waals surface area contributed by atoms with Crippen LogP contribution in [0, 0.1) is 0 Å². The van der Waals surface area contributed by atoms with Crippen LogP contribution in [0.3, 0.4) is 0 Å². The summed E-state index contributed by atoms with van der Waals surface area (Å²) in [5, 5.41) is 3.01. The van der Waals surface area contributed by atoms with E-state index in [0.717, 1.165) is 96.3 Å². The van der Waals surface area contributed by atoms with Crippen LogP contribution in [0.25, 0.3) is 0 Å². The minimum Gasteiger partial charge on any atom is -0.456 e. The van der Waals surface area contributed by atoms with E-state index in [4.69, 9.17) is 13.8 Å². The largest absolute Gasteiger partial charge is 0.472 e. The molecule has 428 valence electrons. The quantitative estimate of drug-likeness (QED) is 0.0205. The highest BCUT2D eigenvalue weighted by molar-refractivity contribution is 7.47. The normalized spacial score (nSPS) is 14.6. The monoisotopic (exact) mass is 1060 g/mol. The predicted molar refractivity (Wildman–Crippen MR) is 323 cm³/mol. The second kappa shape index (κ2) is 53.8. The number of phosphoric ester groups is 1. The molecule has 1 amide bonds. The van der Waals surface area contributed by atoms with Crippen molar-refractivity contribution in [2.24, 2.45) is 0 Å². The summed E-state index contributed by atoms with van der Waals surface area (Å²) in [6, 6.07) is -0.899. The van der Waals surface area contributed by atoms with Crippen LogP contribution in [0.2, 0.25) is 0 Å². The summed E-state index contributed by atoms with van der Waals surface area (Å²) in [5.74, 6) is -0.617. The Hall–Kier alpha value is -3.59. The number of carbonyl (C=O) groups is 2. The summed E-state index contributed by atoms with van der Waals surface area (Å²) >= 11 is 0. The fourth-order valence-electron chi connectivity index (χ4n) is 7.78. The lowest BCUT2D eigenvalue weighted by atomic mass is 10.0. The zero-order valence-corrected chi connectivity index (χ0v) is 49.6. The molecule has 0 bridgehead atoms. The van der Waals surface area contributed by atoms with E-state index in [9.17, 15) is 19.0 Å². The molecule has 0 spiro atoms. The summed E-state index contributed by atoms with van der Waals surface area (Å²) in [6.07, 6.45) is 74.9. The fraction of sp³-hybridized carbons (Fsp3) is 0.662. The summed E-state index contributed by atoms with van der Waals surface area (Å²) in [5.41, 5.74) is 0. The van der Waals surface area contributed by atoms with Crippen molar-refractivity contribution >= 4 is 19.7 Å². The average molecular weight is 1060 g/mol. The first-order valence-corrected chi connectivity index (χ1v) is 31.4. The SMILES string of the molecule is CC/C=C\C/C=C\C/C=C\C/C=C\C/C=C\CCCCCC(=O)OC(/C=C/CCCCCCCCCCCCC)C(COP(=O)(O)OCC[N+](C)(C)C)NC(=O)CCC/C=C\C/C=C\C/C=C\C/C=C\CCCCC. The number of quaternary nitrogens is 1. The number of likely N-dealkylation sites (N-methyl/N-ethyl adjacent to an activating group) is 1. The van der Waals surface area contributed by atoms with Gasteiger partial charge in [-0.1, -0.05) is 220 Å². The lowest BCUT2D eigenvalue weighted by molar-refractivity contribution is -0.870. The highest BCUT2D eigenvalue weighted by Crippen LogP contribution is 2.43. The molecule has 9 nitrogen and oxygen atoms in total. The van der Waals surface area contributed by atoms with Crippen LogP contribution in [0.5, 0.6) is 0 Å². The average Bonchev–Trinajstić information content (AvgIpc) is 3.37. The number of esters is 1. The van der Waals surface area contributed by atoms with Gasteiger partial charge in [0.05, 0.1) is 33.8 Å². The molecule has 0 radical (unpaired) electrons. The molecule has 2 N–H and O–H groups in total. The highest BCUT2D eigenvalue weighted by Gasteiger charge is 2.30. The molecule has 3 atom stereocenters. The van der Waals surface area contributed by atoms with E-state index in [2.05, 4.69) is 135 Å². The molecule has 10 heteroatoms. The van der Waals surface area contributed by atoms with Crippen LogP contribution in [0.1, 0.15) is 226 Å². The van der Waals surface area contributed by atoms with Gasteiger partial charge in [0, 0.05) is 12.8 Å². The van der Waals surface area contributed by atoms with E-state index in [-0.39, 0.29) is 37.9 Å². The summed E-state index contributed by atoms with van der Waals surface area (Å²) in [6.45, 7) is 6.78. The number of rotatable bonds is 52. The molecule has 0 saturated carbocycles. The maximum absolute atomic E-state index is 13.5. The first-order chi connectivity index (χ1) is 36.4. The number of phosphoric acid groups is 1. The molecule has 75 heavy (non-hydrogen) atoms. The number of hydrogen-bond acceptors (Lipinski definition) is 6. The molecule has 3 unspecified atom stereocenters. The predicted octanol–water partition coefficient (Wildman–Crippen LogP) is 18.3. The Morgan fingerprint density at radius 3 is 1.33 bits per heavy atom. The smallest absolute Gasteiger partial charge is 0.456 e. The Morgan fingerprint density at radius 1 is 0.480 bits per heavy atom. The topological polar surface area (TPSA) is 111 Å². The Balaban J connectivity index is 5.50. The van der Waals surface area contributed by atoms with Crippen LogP contribution in [0.15, 0.2) is 122 Å². The van der Waals surface area contributed by atoms with Gasteiger partial charge < -0.3 is 19.4 Å². The maximum Gasteiger partial charge on any atom is 0.472 e. The molecular weight excluding hydrogens is 952 g/mol. The van der Waals surface area contributed by atoms with E-state index in [1.54, 1.807) is 0 Å². The molecular formula is C65H112N2O7P+. The van der Waals surface area contributed by atoms with Crippen molar-refractivity contribution < 1.29 is 37.3 Å². The first kappa shape index (κ1) is 71.4. The van der Waals surface area contributed by atoms with Gasteiger partial charge in [-0.3, -0.25) is 18.6 Å². The van der Waals surface area contributed by atoms with Crippen LogP contribution >= 0.6 is 7.82 Å². The van der Waals surface area contributed by atoms with Gasteiger partial charge in [-0.25, -0.2) is 4.57 Å². The molecule has 0 aliphatic carbocycles. The van der Waals surface area contributed by atoms with Gasteiger partial charge in [-0.2, -0.15) is 0 Å². The van der Waals surface area contributed by atoms with Crippen molar-refractivity contribution in [1.82, 2.24) is 5.32 Å². The number of unbranched alkanes of at least 4 members (excludes halogenated alkanes) is 18. The lowest BCUT2D eigenvalue weighted by Gasteiger charge is -2.27. The zero-order valence-electron chi connectivity index (χ0n) is 48.7. The van der Waals surface area contributed by atoms with E-state index in [1.165, 1.54) is 83.5 Å². The van der Waals surface area contributed by atoms with Crippen molar-refractivity contribution in [3.05, 3.63) is 122 Å². The Bertz CT molecular complexity index is 1700. The first-order valence-electron chi connectivity index (χ1n) is 29.9. The Morgan fingerprint density at radius 2 is 0.867 bits per heavy atom. The number of nitrogens with zero attached hydrogens (tertiary/aromatic N) is 1. The molecule has 0 heterocycles.